The van der Waals surface area contributed by atoms with Gasteiger partial charge < -0.3 is 15.1 Å². The van der Waals surface area contributed by atoms with E-state index >= 15 is 0 Å². The predicted molar refractivity (Wildman–Crippen MR) is 59.4 cm³/mol. The maximum atomic E-state index is 13.2. The molecular weight excluding hydrogens is 241 g/mol. The summed E-state index contributed by atoms with van der Waals surface area (Å²) >= 11 is 0. The van der Waals surface area contributed by atoms with Gasteiger partial charge in [-0.05, 0) is 30.5 Å². The number of phenolic OH excluding ortho intramolecular Hbond substituents is 1. The molecule has 0 bridgehead atoms. The number of carbonyl (C=O) groups is 2. The molecule has 0 radical (unpaired) electrons. The standard InChI is InChI=1S/C12H12FNO4/c13-9-5-7(1-4-10(9)16)11(12(17)18)14(6-15)8-2-3-8/h1,4-6,8,11,16H,2-3H2,(H,17,18). The number of carboxylic acids is 1. The van der Waals surface area contributed by atoms with E-state index in [4.69, 9.17) is 5.11 Å². The minimum atomic E-state index is -1.22. The third kappa shape index (κ3) is 2.27. The fraction of sp³-hybridized carbons (Fsp3) is 0.333. The number of benzene rings is 1. The summed E-state index contributed by atoms with van der Waals surface area (Å²) in [6.45, 7) is 0. The minimum absolute atomic E-state index is 0.0968. The van der Waals surface area contributed by atoms with Crippen LogP contribution < -0.4 is 0 Å². The van der Waals surface area contributed by atoms with Crippen molar-refractivity contribution in [2.45, 2.75) is 24.9 Å². The molecule has 1 fully saturated rings. The molecule has 0 aromatic heterocycles. The number of carbonyl (C=O) groups excluding carboxylic acids is 1. The van der Waals surface area contributed by atoms with Crippen molar-refractivity contribution in [3.63, 3.8) is 0 Å². The first-order valence-electron chi connectivity index (χ1n) is 5.48. The first-order chi connectivity index (χ1) is 8.54. The molecule has 2 N–H and O–H groups in total. The van der Waals surface area contributed by atoms with E-state index in [0.29, 0.717) is 6.41 Å². The Morgan fingerprint density at radius 2 is 2.17 bits per heavy atom. The van der Waals surface area contributed by atoms with Gasteiger partial charge in [0.1, 0.15) is 0 Å². The van der Waals surface area contributed by atoms with Crippen molar-refractivity contribution in [2.75, 3.05) is 0 Å². The number of halogens is 1. The molecule has 1 saturated carbocycles. The van der Waals surface area contributed by atoms with Crippen LogP contribution in [0.2, 0.25) is 0 Å². The zero-order chi connectivity index (χ0) is 13.3. The third-order valence-electron chi connectivity index (χ3n) is 2.91. The molecule has 1 aromatic carbocycles. The van der Waals surface area contributed by atoms with Gasteiger partial charge >= 0.3 is 5.97 Å². The highest BCUT2D eigenvalue weighted by molar-refractivity contribution is 5.78. The molecule has 1 aliphatic rings. The first-order valence-corrected chi connectivity index (χ1v) is 5.48. The van der Waals surface area contributed by atoms with Crippen LogP contribution in [0.1, 0.15) is 24.4 Å². The quantitative estimate of drug-likeness (QED) is 0.775. The summed E-state index contributed by atoms with van der Waals surface area (Å²) in [6, 6.07) is 2.00. The number of nitrogens with zero attached hydrogens (tertiary/aromatic N) is 1. The van der Waals surface area contributed by atoms with E-state index in [-0.39, 0.29) is 11.6 Å². The number of amides is 1. The number of hydrogen-bond acceptors (Lipinski definition) is 3. The van der Waals surface area contributed by atoms with Crippen molar-refractivity contribution >= 4 is 12.4 Å². The van der Waals surface area contributed by atoms with Crippen LogP contribution in [-0.4, -0.2) is 33.5 Å². The number of carboxylic acid groups (broad SMARTS) is 1. The highest BCUT2D eigenvalue weighted by atomic mass is 19.1. The van der Waals surface area contributed by atoms with Gasteiger partial charge in [-0.15, -0.1) is 0 Å². The van der Waals surface area contributed by atoms with Crippen LogP contribution in [0.3, 0.4) is 0 Å². The largest absolute Gasteiger partial charge is 0.505 e. The summed E-state index contributed by atoms with van der Waals surface area (Å²) in [5.74, 6) is -2.67. The first kappa shape index (κ1) is 12.3. The summed E-state index contributed by atoms with van der Waals surface area (Å²) in [4.78, 5) is 23.4. The highest BCUT2D eigenvalue weighted by Gasteiger charge is 2.37. The minimum Gasteiger partial charge on any atom is -0.505 e. The predicted octanol–water partition coefficient (Wildman–Crippen LogP) is 1.28. The van der Waals surface area contributed by atoms with Crippen LogP contribution in [0.15, 0.2) is 18.2 Å². The van der Waals surface area contributed by atoms with Gasteiger partial charge in [0.15, 0.2) is 17.6 Å². The second kappa shape index (κ2) is 4.64. The Morgan fingerprint density at radius 3 is 2.61 bits per heavy atom. The Balaban J connectivity index is 2.36. The van der Waals surface area contributed by atoms with Gasteiger partial charge in [0.05, 0.1) is 0 Å². The van der Waals surface area contributed by atoms with Crippen LogP contribution in [0.25, 0.3) is 0 Å². The molecule has 96 valence electrons. The van der Waals surface area contributed by atoms with E-state index in [1.807, 2.05) is 0 Å². The Labute approximate surface area is 102 Å². The van der Waals surface area contributed by atoms with Crippen LogP contribution in [-0.2, 0) is 9.59 Å². The number of rotatable bonds is 5. The van der Waals surface area contributed by atoms with E-state index in [0.717, 1.165) is 25.0 Å². The topological polar surface area (TPSA) is 77.8 Å². The van der Waals surface area contributed by atoms with E-state index in [2.05, 4.69) is 0 Å². The molecule has 0 heterocycles. The Bertz CT molecular complexity index is 487. The molecule has 18 heavy (non-hydrogen) atoms. The second-order valence-electron chi connectivity index (χ2n) is 4.24. The summed E-state index contributed by atoms with van der Waals surface area (Å²) in [5, 5.41) is 18.3. The van der Waals surface area contributed by atoms with Gasteiger partial charge in [-0.2, -0.15) is 0 Å². The van der Waals surface area contributed by atoms with Crippen LogP contribution >= 0.6 is 0 Å². The molecule has 0 saturated heterocycles. The zero-order valence-corrected chi connectivity index (χ0v) is 9.41. The lowest BCUT2D eigenvalue weighted by Gasteiger charge is -2.25. The van der Waals surface area contributed by atoms with Crippen molar-refractivity contribution < 1.29 is 24.2 Å². The lowest BCUT2D eigenvalue weighted by atomic mass is 10.1. The van der Waals surface area contributed by atoms with E-state index in [1.54, 1.807) is 0 Å². The lowest BCUT2D eigenvalue weighted by Crippen LogP contribution is -2.34. The molecule has 0 aliphatic heterocycles. The second-order valence-corrected chi connectivity index (χ2v) is 4.24. The van der Waals surface area contributed by atoms with Gasteiger partial charge in [-0.3, -0.25) is 4.79 Å². The number of aliphatic carboxylic acids is 1. The Morgan fingerprint density at radius 1 is 1.50 bits per heavy atom. The van der Waals surface area contributed by atoms with Gasteiger partial charge in [0, 0.05) is 6.04 Å². The van der Waals surface area contributed by atoms with Gasteiger partial charge in [-0.1, -0.05) is 6.07 Å². The number of phenols is 1. The summed E-state index contributed by atoms with van der Waals surface area (Å²) < 4.78 is 13.2. The molecule has 1 unspecified atom stereocenters. The summed E-state index contributed by atoms with van der Waals surface area (Å²) in [6.07, 6.45) is 1.98. The summed E-state index contributed by atoms with van der Waals surface area (Å²) in [5.41, 5.74) is 0.136. The van der Waals surface area contributed by atoms with Crippen molar-refractivity contribution in [2.24, 2.45) is 0 Å². The van der Waals surface area contributed by atoms with Gasteiger partial charge in [0.25, 0.3) is 0 Å². The lowest BCUT2D eigenvalue weighted by molar-refractivity contribution is -0.147. The van der Waals surface area contributed by atoms with E-state index in [9.17, 15) is 19.1 Å². The summed E-state index contributed by atoms with van der Waals surface area (Å²) in [7, 11) is 0. The van der Waals surface area contributed by atoms with Gasteiger partial charge in [0.2, 0.25) is 6.41 Å². The molecular formula is C12H12FNO4. The third-order valence-corrected chi connectivity index (χ3v) is 2.91. The molecule has 1 aliphatic carbocycles. The van der Waals surface area contributed by atoms with Crippen LogP contribution in [0.4, 0.5) is 4.39 Å². The molecule has 1 atom stereocenters. The molecule has 2 rings (SSSR count). The Hall–Kier alpha value is -2.11. The number of hydrogen-bond donors (Lipinski definition) is 2. The number of aromatic hydroxyl groups is 1. The van der Waals surface area contributed by atoms with Crippen LogP contribution in [0.5, 0.6) is 5.75 Å². The van der Waals surface area contributed by atoms with E-state index in [1.165, 1.54) is 11.0 Å². The molecule has 1 amide bonds. The maximum absolute atomic E-state index is 13.2. The van der Waals surface area contributed by atoms with E-state index < -0.39 is 23.6 Å². The fourth-order valence-corrected chi connectivity index (χ4v) is 1.87. The SMILES string of the molecule is O=CN(C1CC1)C(C(=O)O)c1ccc(O)c(F)c1. The maximum Gasteiger partial charge on any atom is 0.331 e. The highest BCUT2D eigenvalue weighted by Crippen LogP contribution is 2.34. The van der Waals surface area contributed by atoms with Crippen LogP contribution in [0, 0.1) is 5.82 Å². The fourth-order valence-electron chi connectivity index (χ4n) is 1.87. The smallest absolute Gasteiger partial charge is 0.331 e. The molecule has 0 spiro atoms. The zero-order valence-electron chi connectivity index (χ0n) is 9.41. The van der Waals surface area contributed by atoms with Gasteiger partial charge in [-0.25, -0.2) is 9.18 Å². The average molecular weight is 253 g/mol. The molecule has 6 heteroatoms. The normalized spacial score (nSPS) is 16.1. The Kier molecular flexibility index (Phi) is 3.18. The molecule has 1 aromatic rings. The average Bonchev–Trinajstić information content (AvgIpc) is 3.13. The van der Waals surface area contributed by atoms with Crippen molar-refractivity contribution in [1.29, 1.82) is 0 Å². The molecule has 5 nitrogen and oxygen atoms in total. The van der Waals surface area contributed by atoms with Crippen molar-refractivity contribution in [3.05, 3.63) is 29.6 Å². The van der Waals surface area contributed by atoms with Crippen molar-refractivity contribution in [3.8, 4) is 5.75 Å². The monoisotopic (exact) mass is 253 g/mol. The van der Waals surface area contributed by atoms with Crippen molar-refractivity contribution in [1.82, 2.24) is 4.90 Å².